The van der Waals surface area contributed by atoms with E-state index in [1.807, 2.05) is 58.0 Å². The maximum atomic E-state index is 12.2. The lowest BCUT2D eigenvalue weighted by Gasteiger charge is -2.23. The number of esters is 1. The fraction of sp³-hybridized carbons (Fsp3) is 0.375. The Morgan fingerprint density at radius 1 is 1.30 bits per heavy atom. The largest absolute Gasteiger partial charge is 0.459 e. The van der Waals surface area contributed by atoms with Crippen LogP contribution in [-0.2, 0) is 9.53 Å². The van der Waals surface area contributed by atoms with Crippen molar-refractivity contribution in [2.24, 2.45) is 10.9 Å². The molecule has 0 N–H and O–H groups in total. The predicted octanol–water partition coefficient (Wildman–Crippen LogP) is 4.36. The Bertz CT molecular complexity index is 570. The first-order valence-corrected chi connectivity index (χ1v) is 7.42. The SMILES string of the molecule is CC(C(=O)OC(C)(C)C)C1=CC=Nc2ccccc2S1. The van der Waals surface area contributed by atoms with Crippen LogP contribution in [0, 0.1) is 5.92 Å². The molecule has 0 aromatic heterocycles. The van der Waals surface area contributed by atoms with Crippen LogP contribution in [0.25, 0.3) is 0 Å². The Balaban J connectivity index is 2.16. The van der Waals surface area contributed by atoms with Crippen LogP contribution in [0.2, 0.25) is 0 Å². The van der Waals surface area contributed by atoms with Crippen LogP contribution in [0.4, 0.5) is 5.69 Å². The van der Waals surface area contributed by atoms with Gasteiger partial charge in [-0.3, -0.25) is 9.79 Å². The molecule has 1 aromatic rings. The van der Waals surface area contributed by atoms with Gasteiger partial charge in [0, 0.05) is 16.0 Å². The van der Waals surface area contributed by atoms with E-state index in [9.17, 15) is 4.79 Å². The molecule has 0 saturated heterocycles. The fourth-order valence-electron chi connectivity index (χ4n) is 1.74. The average Bonchev–Trinajstić information content (AvgIpc) is 2.57. The highest BCUT2D eigenvalue weighted by atomic mass is 32.2. The Hall–Kier alpha value is -1.55. The number of ether oxygens (including phenoxy) is 1. The summed E-state index contributed by atoms with van der Waals surface area (Å²) in [4.78, 5) is 18.6. The van der Waals surface area contributed by atoms with Gasteiger partial charge >= 0.3 is 5.97 Å². The second-order valence-corrected chi connectivity index (χ2v) is 6.79. The Morgan fingerprint density at radius 3 is 2.70 bits per heavy atom. The van der Waals surface area contributed by atoms with Crippen LogP contribution in [0.1, 0.15) is 27.7 Å². The minimum atomic E-state index is -0.465. The number of para-hydroxylation sites is 1. The van der Waals surface area contributed by atoms with Gasteiger partial charge < -0.3 is 4.74 Å². The van der Waals surface area contributed by atoms with E-state index in [4.69, 9.17) is 4.74 Å². The van der Waals surface area contributed by atoms with Crippen molar-refractivity contribution in [3.05, 3.63) is 35.2 Å². The third kappa shape index (κ3) is 3.73. The average molecular weight is 289 g/mol. The molecule has 0 saturated carbocycles. The van der Waals surface area contributed by atoms with Gasteiger partial charge in [-0.25, -0.2) is 0 Å². The number of rotatable bonds is 2. The summed E-state index contributed by atoms with van der Waals surface area (Å²) in [5.41, 5.74) is 0.466. The third-order valence-electron chi connectivity index (χ3n) is 2.73. The first-order chi connectivity index (χ1) is 9.37. The molecule has 0 amide bonds. The molecule has 1 aromatic carbocycles. The molecule has 1 aliphatic rings. The van der Waals surface area contributed by atoms with Crippen LogP contribution in [0.5, 0.6) is 0 Å². The summed E-state index contributed by atoms with van der Waals surface area (Å²) in [7, 11) is 0. The molecule has 3 nitrogen and oxygen atoms in total. The van der Waals surface area contributed by atoms with Gasteiger partial charge in [-0.1, -0.05) is 23.9 Å². The lowest BCUT2D eigenvalue weighted by molar-refractivity contribution is -0.157. The predicted molar refractivity (Wildman–Crippen MR) is 83.5 cm³/mol. The summed E-state index contributed by atoms with van der Waals surface area (Å²) >= 11 is 1.58. The molecular weight excluding hydrogens is 270 g/mol. The van der Waals surface area contributed by atoms with Crippen molar-refractivity contribution in [1.29, 1.82) is 0 Å². The molecule has 1 unspecified atom stereocenters. The van der Waals surface area contributed by atoms with Crippen LogP contribution in [0.15, 0.2) is 45.1 Å². The Kier molecular flexibility index (Phi) is 4.33. The standard InChI is InChI=1S/C16H19NO2S/c1-11(15(18)19-16(2,3)4)13-9-10-17-12-7-5-6-8-14(12)20-13/h5-11H,1-4H3. The number of fused-ring (bicyclic) bond motifs is 1. The number of aliphatic imine (C=N–C) groups is 1. The third-order valence-corrected chi connectivity index (χ3v) is 4.02. The molecule has 1 heterocycles. The Labute approximate surface area is 124 Å². The van der Waals surface area contributed by atoms with E-state index in [1.54, 1.807) is 18.0 Å². The maximum Gasteiger partial charge on any atom is 0.314 e. The molecule has 2 rings (SSSR count). The van der Waals surface area contributed by atoms with E-state index in [2.05, 4.69) is 4.99 Å². The van der Waals surface area contributed by atoms with Crippen LogP contribution >= 0.6 is 11.8 Å². The number of allylic oxidation sites excluding steroid dienone is 1. The molecule has 4 heteroatoms. The second kappa shape index (κ2) is 5.83. The summed E-state index contributed by atoms with van der Waals surface area (Å²) in [6, 6.07) is 7.91. The number of carbonyl (C=O) groups is 1. The fourth-order valence-corrected chi connectivity index (χ4v) is 2.77. The maximum absolute atomic E-state index is 12.2. The molecule has 1 atom stereocenters. The molecule has 1 aliphatic heterocycles. The highest BCUT2D eigenvalue weighted by Gasteiger charge is 2.25. The zero-order valence-corrected chi connectivity index (χ0v) is 13.0. The number of benzene rings is 1. The Morgan fingerprint density at radius 2 is 2.00 bits per heavy atom. The van der Waals surface area contributed by atoms with Gasteiger partial charge in [0.1, 0.15) is 5.60 Å². The smallest absolute Gasteiger partial charge is 0.314 e. The van der Waals surface area contributed by atoms with E-state index in [0.717, 1.165) is 15.5 Å². The van der Waals surface area contributed by atoms with E-state index >= 15 is 0 Å². The van der Waals surface area contributed by atoms with Crippen molar-refractivity contribution >= 4 is 29.6 Å². The van der Waals surface area contributed by atoms with Crippen LogP contribution < -0.4 is 0 Å². The first kappa shape index (κ1) is 14.9. The van der Waals surface area contributed by atoms with Crippen LogP contribution in [0.3, 0.4) is 0 Å². The zero-order valence-electron chi connectivity index (χ0n) is 12.2. The van der Waals surface area contributed by atoms with Gasteiger partial charge in [0.15, 0.2) is 0 Å². The lowest BCUT2D eigenvalue weighted by Crippen LogP contribution is -2.28. The summed E-state index contributed by atoms with van der Waals surface area (Å²) in [5, 5.41) is 0. The number of carbonyl (C=O) groups excluding carboxylic acids is 1. The van der Waals surface area contributed by atoms with Crippen molar-refractivity contribution in [3.8, 4) is 0 Å². The lowest BCUT2D eigenvalue weighted by atomic mass is 10.1. The van der Waals surface area contributed by atoms with Crippen molar-refractivity contribution in [3.63, 3.8) is 0 Å². The van der Waals surface area contributed by atoms with E-state index in [0.29, 0.717) is 0 Å². The molecule has 106 valence electrons. The first-order valence-electron chi connectivity index (χ1n) is 6.61. The van der Waals surface area contributed by atoms with Gasteiger partial charge in [0.05, 0.1) is 11.6 Å². The number of hydrogen-bond donors (Lipinski definition) is 0. The molecule has 0 radical (unpaired) electrons. The summed E-state index contributed by atoms with van der Waals surface area (Å²) in [6.07, 6.45) is 3.63. The topological polar surface area (TPSA) is 38.7 Å². The summed E-state index contributed by atoms with van der Waals surface area (Å²) in [6.45, 7) is 7.50. The number of nitrogens with zero attached hydrogens (tertiary/aromatic N) is 1. The monoisotopic (exact) mass is 289 g/mol. The van der Waals surface area contributed by atoms with Crippen molar-refractivity contribution in [2.75, 3.05) is 0 Å². The van der Waals surface area contributed by atoms with E-state index in [-0.39, 0.29) is 11.9 Å². The summed E-state index contributed by atoms with van der Waals surface area (Å²) < 4.78 is 5.44. The van der Waals surface area contributed by atoms with Gasteiger partial charge in [0.25, 0.3) is 0 Å². The van der Waals surface area contributed by atoms with Crippen molar-refractivity contribution in [1.82, 2.24) is 0 Å². The zero-order chi connectivity index (χ0) is 14.8. The molecule has 0 fully saturated rings. The van der Waals surface area contributed by atoms with Gasteiger partial charge in [0.2, 0.25) is 0 Å². The van der Waals surface area contributed by atoms with Gasteiger partial charge in [-0.05, 0) is 45.9 Å². The van der Waals surface area contributed by atoms with Gasteiger partial charge in [-0.15, -0.1) is 0 Å². The highest BCUT2D eigenvalue weighted by molar-refractivity contribution is 8.03. The van der Waals surface area contributed by atoms with Gasteiger partial charge in [-0.2, -0.15) is 0 Å². The van der Waals surface area contributed by atoms with Crippen molar-refractivity contribution in [2.45, 2.75) is 38.2 Å². The molecule has 20 heavy (non-hydrogen) atoms. The van der Waals surface area contributed by atoms with E-state index < -0.39 is 5.60 Å². The molecule has 0 spiro atoms. The number of hydrogen-bond acceptors (Lipinski definition) is 4. The molecule has 0 aliphatic carbocycles. The molecular formula is C16H19NO2S. The minimum Gasteiger partial charge on any atom is -0.459 e. The second-order valence-electron chi connectivity index (χ2n) is 5.67. The number of thioether (sulfide) groups is 1. The van der Waals surface area contributed by atoms with Crippen molar-refractivity contribution < 1.29 is 9.53 Å². The quantitative estimate of drug-likeness (QED) is 0.759. The van der Waals surface area contributed by atoms with E-state index in [1.165, 1.54) is 0 Å². The van der Waals surface area contributed by atoms with Crippen LogP contribution in [-0.4, -0.2) is 17.8 Å². The molecule has 0 bridgehead atoms. The minimum absolute atomic E-state index is 0.205. The normalized spacial score (nSPS) is 15.9. The highest BCUT2D eigenvalue weighted by Crippen LogP contribution is 2.39. The summed E-state index contributed by atoms with van der Waals surface area (Å²) in [5.74, 6) is -0.499.